The van der Waals surface area contributed by atoms with E-state index in [-0.39, 0.29) is 11.9 Å². The molecule has 0 spiro atoms. The van der Waals surface area contributed by atoms with Gasteiger partial charge in [-0.3, -0.25) is 4.79 Å². The summed E-state index contributed by atoms with van der Waals surface area (Å²) in [5.41, 5.74) is 0.465. The number of benzene rings is 1. The maximum Gasteiger partial charge on any atom is 0.341 e. The maximum absolute atomic E-state index is 12.1. The summed E-state index contributed by atoms with van der Waals surface area (Å²) in [6.45, 7) is 5.72. The lowest BCUT2D eigenvalue weighted by atomic mass is 10.0. The molecule has 0 fully saturated rings. The van der Waals surface area contributed by atoms with Crippen LogP contribution in [-0.2, 0) is 4.79 Å². The van der Waals surface area contributed by atoms with Crippen LogP contribution in [0.4, 0.5) is 0 Å². The van der Waals surface area contributed by atoms with Crippen molar-refractivity contribution in [2.45, 2.75) is 33.2 Å². The molecule has 110 valence electrons. The van der Waals surface area contributed by atoms with Crippen molar-refractivity contribution in [3.05, 3.63) is 29.8 Å². The fourth-order valence-corrected chi connectivity index (χ4v) is 1.86. The highest BCUT2D eigenvalue weighted by Crippen LogP contribution is 2.14. The Morgan fingerprint density at radius 1 is 1.35 bits per heavy atom. The van der Waals surface area contributed by atoms with E-state index >= 15 is 0 Å². The maximum atomic E-state index is 12.1. The van der Waals surface area contributed by atoms with E-state index in [1.165, 1.54) is 0 Å². The predicted octanol–water partition coefficient (Wildman–Crippen LogP) is 2.31. The minimum atomic E-state index is -1.05. The zero-order chi connectivity index (χ0) is 15.1. The van der Waals surface area contributed by atoms with E-state index in [4.69, 9.17) is 9.84 Å². The molecule has 5 heteroatoms. The molecule has 0 heterocycles. The number of carboxylic acids is 1. The molecule has 0 aromatic heterocycles. The van der Waals surface area contributed by atoms with Crippen molar-refractivity contribution in [2.75, 3.05) is 6.61 Å². The van der Waals surface area contributed by atoms with Gasteiger partial charge in [0.05, 0.1) is 0 Å². The van der Waals surface area contributed by atoms with Gasteiger partial charge in [0.15, 0.2) is 6.61 Å². The number of carbonyl (C=O) groups excluding carboxylic acids is 1. The minimum Gasteiger partial charge on any atom is -0.482 e. The molecule has 1 aromatic carbocycles. The number of ether oxygens (including phenoxy) is 1. The molecule has 5 nitrogen and oxygen atoms in total. The molecule has 1 aromatic rings. The van der Waals surface area contributed by atoms with Gasteiger partial charge in [0.1, 0.15) is 5.75 Å². The second-order valence-electron chi connectivity index (χ2n) is 4.94. The van der Waals surface area contributed by atoms with Crippen molar-refractivity contribution in [3.63, 3.8) is 0 Å². The Kier molecular flexibility index (Phi) is 6.03. The van der Waals surface area contributed by atoms with Gasteiger partial charge in [0.25, 0.3) is 5.91 Å². The molecule has 0 radical (unpaired) electrons. The van der Waals surface area contributed by atoms with Crippen molar-refractivity contribution in [2.24, 2.45) is 5.92 Å². The third-order valence-corrected chi connectivity index (χ3v) is 3.02. The summed E-state index contributed by atoms with van der Waals surface area (Å²) in [5.74, 6) is -0.495. The standard InChI is InChI=1S/C15H21NO4/c1-4-13(10(2)3)16-15(19)11-6-5-7-12(8-11)20-9-14(17)18/h5-8,10,13H,4,9H2,1-3H3,(H,16,19)(H,17,18). The number of amides is 1. The van der Waals surface area contributed by atoms with Crippen molar-refractivity contribution < 1.29 is 19.4 Å². The van der Waals surface area contributed by atoms with Gasteiger partial charge in [-0.05, 0) is 30.5 Å². The zero-order valence-electron chi connectivity index (χ0n) is 12.1. The lowest BCUT2D eigenvalue weighted by Crippen LogP contribution is -2.37. The number of carbonyl (C=O) groups is 2. The van der Waals surface area contributed by atoms with Crippen molar-refractivity contribution >= 4 is 11.9 Å². The Morgan fingerprint density at radius 2 is 2.05 bits per heavy atom. The Balaban J connectivity index is 2.73. The molecule has 1 atom stereocenters. The number of rotatable bonds is 7. The quantitative estimate of drug-likeness (QED) is 0.803. The fourth-order valence-electron chi connectivity index (χ4n) is 1.86. The summed E-state index contributed by atoms with van der Waals surface area (Å²) < 4.78 is 5.06. The highest BCUT2D eigenvalue weighted by Gasteiger charge is 2.15. The van der Waals surface area contributed by atoms with Crippen LogP contribution in [0, 0.1) is 5.92 Å². The summed E-state index contributed by atoms with van der Waals surface area (Å²) in [6.07, 6.45) is 0.860. The van der Waals surface area contributed by atoms with Crippen molar-refractivity contribution in [3.8, 4) is 5.75 Å². The van der Waals surface area contributed by atoms with Gasteiger partial charge in [-0.15, -0.1) is 0 Å². The summed E-state index contributed by atoms with van der Waals surface area (Å²) >= 11 is 0. The van der Waals surface area contributed by atoms with E-state index in [0.29, 0.717) is 17.2 Å². The Hall–Kier alpha value is -2.04. The van der Waals surface area contributed by atoms with Crippen LogP contribution in [0.25, 0.3) is 0 Å². The average molecular weight is 279 g/mol. The summed E-state index contributed by atoms with van der Waals surface area (Å²) in [7, 11) is 0. The first-order valence-corrected chi connectivity index (χ1v) is 6.69. The van der Waals surface area contributed by atoms with Crippen LogP contribution in [0.1, 0.15) is 37.6 Å². The molecule has 2 N–H and O–H groups in total. The van der Waals surface area contributed by atoms with Crippen LogP contribution in [0.2, 0.25) is 0 Å². The molecule has 0 aliphatic carbocycles. The molecular formula is C15H21NO4. The van der Waals surface area contributed by atoms with Crippen LogP contribution >= 0.6 is 0 Å². The first-order chi connectivity index (χ1) is 9.43. The van der Waals surface area contributed by atoms with Gasteiger partial charge in [-0.25, -0.2) is 4.79 Å². The molecule has 0 aliphatic rings. The van der Waals surface area contributed by atoms with Gasteiger partial charge in [-0.2, -0.15) is 0 Å². The van der Waals surface area contributed by atoms with Crippen LogP contribution in [0.5, 0.6) is 5.75 Å². The number of hydrogen-bond acceptors (Lipinski definition) is 3. The van der Waals surface area contributed by atoms with Crippen LogP contribution in [0.3, 0.4) is 0 Å². The predicted molar refractivity (Wildman–Crippen MR) is 76.0 cm³/mol. The van der Waals surface area contributed by atoms with Crippen molar-refractivity contribution in [1.82, 2.24) is 5.32 Å². The van der Waals surface area contributed by atoms with E-state index < -0.39 is 12.6 Å². The van der Waals surface area contributed by atoms with Crippen molar-refractivity contribution in [1.29, 1.82) is 0 Å². The normalized spacial score (nSPS) is 12.0. The largest absolute Gasteiger partial charge is 0.482 e. The highest BCUT2D eigenvalue weighted by atomic mass is 16.5. The summed E-state index contributed by atoms with van der Waals surface area (Å²) in [4.78, 5) is 22.6. The molecule has 1 rings (SSSR count). The topological polar surface area (TPSA) is 75.6 Å². The Labute approximate surface area is 118 Å². The molecule has 0 saturated heterocycles. The third kappa shape index (κ3) is 4.91. The fraction of sp³-hybridized carbons (Fsp3) is 0.467. The molecule has 0 bridgehead atoms. The Bertz CT molecular complexity index is 471. The first-order valence-electron chi connectivity index (χ1n) is 6.69. The van der Waals surface area contributed by atoms with Crippen LogP contribution in [0.15, 0.2) is 24.3 Å². The van der Waals surface area contributed by atoms with Gasteiger partial charge < -0.3 is 15.2 Å². The summed E-state index contributed by atoms with van der Waals surface area (Å²) in [6, 6.07) is 6.63. The number of nitrogens with one attached hydrogen (secondary N) is 1. The van der Waals surface area contributed by atoms with E-state index in [1.54, 1.807) is 24.3 Å². The van der Waals surface area contributed by atoms with E-state index in [1.807, 2.05) is 6.92 Å². The molecule has 0 saturated carbocycles. The van der Waals surface area contributed by atoms with Gasteiger partial charge in [0.2, 0.25) is 0 Å². The zero-order valence-corrected chi connectivity index (χ0v) is 12.1. The molecular weight excluding hydrogens is 258 g/mol. The summed E-state index contributed by atoms with van der Waals surface area (Å²) in [5, 5.41) is 11.5. The van der Waals surface area contributed by atoms with Gasteiger partial charge in [-0.1, -0.05) is 26.8 Å². The highest BCUT2D eigenvalue weighted by molar-refractivity contribution is 5.94. The number of hydrogen-bond donors (Lipinski definition) is 2. The lowest BCUT2D eigenvalue weighted by Gasteiger charge is -2.20. The third-order valence-electron chi connectivity index (χ3n) is 3.02. The molecule has 1 amide bonds. The molecule has 1 unspecified atom stereocenters. The number of carboxylic acid groups (broad SMARTS) is 1. The molecule has 20 heavy (non-hydrogen) atoms. The first kappa shape index (κ1) is 16.0. The SMILES string of the molecule is CCC(NC(=O)c1cccc(OCC(=O)O)c1)C(C)C. The lowest BCUT2D eigenvalue weighted by molar-refractivity contribution is -0.139. The minimum absolute atomic E-state index is 0.117. The molecule has 0 aliphatic heterocycles. The van der Waals surface area contributed by atoms with E-state index in [2.05, 4.69) is 19.2 Å². The smallest absolute Gasteiger partial charge is 0.341 e. The number of aliphatic carboxylic acids is 1. The van der Waals surface area contributed by atoms with Gasteiger partial charge >= 0.3 is 5.97 Å². The van der Waals surface area contributed by atoms with E-state index in [0.717, 1.165) is 6.42 Å². The van der Waals surface area contributed by atoms with Crippen LogP contribution in [-0.4, -0.2) is 29.6 Å². The Morgan fingerprint density at radius 3 is 2.60 bits per heavy atom. The monoisotopic (exact) mass is 279 g/mol. The second kappa shape index (κ2) is 7.53. The average Bonchev–Trinajstić information content (AvgIpc) is 2.42. The van der Waals surface area contributed by atoms with Crippen LogP contribution < -0.4 is 10.1 Å². The second-order valence-corrected chi connectivity index (χ2v) is 4.94. The van der Waals surface area contributed by atoms with Gasteiger partial charge in [0, 0.05) is 11.6 Å². The van der Waals surface area contributed by atoms with E-state index in [9.17, 15) is 9.59 Å².